The van der Waals surface area contributed by atoms with Gasteiger partial charge in [0.2, 0.25) is 0 Å². The van der Waals surface area contributed by atoms with Crippen molar-refractivity contribution in [3.05, 3.63) is 71.8 Å². The van der Waals surface area contributed by atoms with Crippen LogP contribution < -0.4 is 0 Å². The Balaban J connectivity index is 1.93. The van der Waals surface area contributed by atoms with Crippen LogP contribution in [0.2, 0.25) is 0 Å². The minimum absolute atomic E-state index is 0.0946. The van der Waals surface area contributed by atoms with Crippen molar-refractivity contribution >= 4 is 5.71 Å². The first-order valence-corrected chi connectivity index (χ1v) is 5.52. The van der Waals surface area contributed by atoms with E-state index >= 15 is 0 Å². The summed E-state index contributed by atoms with van der Waals surface area (Å²) in [5, 5.41) is 0. The van der Waals surface area contributed by atoms with E-state index in [1.54, 1.807) is 0 Å². The molecule has 0 N–H and O–H groups in total. The first kappa shape index (κ1) is 9.34. The molecule has 0 spiro atoms. The third-order valence-electron chi connectivity index (χ3n) is 3.13. The van der Waals surface area contributed by atoms with Crippen molar-refractivity contribution in [3.63, 3.8) is 0 Å². The highest BCUT2D eigenvalue weighted by atomic mass is 15.0. The van der Waals surface area contributed by atoms with E-state index in [0.29, 0.717) is 0 Å². The van der Waals surface area contributed by atoms with Gasteiger partial charge in [-0.05, 0) is 18.1 Å². The molecule has 0 aliphatic carbocycles. The maximum absolute atomic E-state index is 4.64. The van der Waals surface area contributed by atoms with Crippen LogP contribution in [-0.4, -0.2) is 5.71 Å². The third-order valence-corrected chi connectivity index (χ3v) is 3.13. The van der Waals surface area contributed by atoms with Gasteiger partial charge < -0.3 is 0 Å². The first-order chi connectivity index (χ1) is 7.81. The Morgan fingerprint density at radius 3 is 2.00 bits per heavy atom. The summed E-state index contributed by atoms with van der Waals surface area (Å²) in [6, 6.07) is 20.8. The minimum Gasteiger partial charge on any atom is -0.269 e. The second-order valence-electron chi connectivity index (χ2n) is 4.26. The third kappa shape index (κ3) is 1.36. The van der Waals surface area contributed by atoms with Gasteiger partial charge in [-0.2, -0.15) is 0 Å². The number of rotatable bonds is 2. The van der Waals surface area contributed by atoms with Crippen LogP contribution in [0, 0.1) is 0 Å². The summed E-state index contributed by atoms with van der Waals surface area (Å²) in [4.78, 5) is 4.64. The summed E-state index contributed by atoms with van der Waals surface area (Å²) in [6.45, 7) is 2.17. The Morgan fingerprint density at radius 1 is 0.812 bits per heavy atom. The van der Waals surface area contributed by atoms with E-state index < -0.39 is 0 Å². The van der Waals surface area contributed by atoms with E-state index in [2.05, 4.69) is 60.4 Å². The average molecular weight is 207 g/mol. The lowest BCUT2D eigenvalue weighted by Crippen LogP contribution is -2.11. The van der Waals surface area contributed by atoms with E-state index in [4.69, 9.17) is 0 Å². The normalized spacial score (nSPS) is 22.7. The predicted molar refractivity (Wildman–Crippen MR) is 66.8 cm³/mol. The molecule has 0 saturated heterocycles. The van der Waals surface area contributed by atoms with Crippen LogP contribution in [0.1, 0.15) is 18.1 Å². The number of aliphatic imine (C=N–C) groups is 1. The fraction of sp³-hybridized carbons (Fsp3) is 0.133. The fourth-order valence-corrected chi connectivity index (χ4v) is 2.10. The summed E-state index contributed by atoms with van der Waals surface area (Å²) < 4.78 is 0. The maximum atomic E-state index is 4.64. The molecule has 16 heavy (non-hydrogen) atoms. The van der Waals surface area contributed by atoms with Crippen LogP contribution in [0.25, 0.3) is 0 Å². The van der Waals surface area contributed by atoms with Gasteiger partial charge in [-0.1, -0.05) is 60.7 Å². The van der Waals surface area contributed by atoms with Gasteiger partial charge in [0.1, 0.15) is 5.54 Å². The number of nitrogens with zero attached hydrogens (tertiary/aromatic N) is 1. The highest BCUT2D eigenvalue weighted by Gasteiger charge is 2.44. The van der Waals surface area contributed by atoms with Crippen molar-refractivity contribution in [2.45, 2.75) is 12.5 Å². The summed E-state index contributed by atoms with van der Waals surface area (Å²) in [7, 11) is 0. The molecule has 1 unspecified atom stereocenters. The highest BCUT2D eigenvalue weighted by Crippen LogP contribution is 2.41. The summed E-state index contributed by atoms with van der Waals surface area (Å²) in [5.74, 6) is 0. The van der Waals surface area contributed by atoms with Gasteiger partial charge >= 0.3 is 0 Å². The average Bonchev–Trinajstić information content (AvgIpc) is 3.06. The molecule has 1 aliphatic heterocycles. The van der Waals surface area contributed by atoms with Crippen molar-refractivity contribution in [1.82, 2.24) is 0 Å². The molecule has 78 valence electrons. The van der Waals surface area contributed by atoms with Crippen molar-refractivity contribution in [2.24, 2.45) is 4.99 Å². The largest absolute Gasteiger partial charge is 0.269 e. The lowest BCUT2D eigenvalue weighted by atomic mass is 9.92. The molecule has 0 saturated carbocycles. The van der Waals surface area contributed by atoms with Gasteiger partial charge in [0.05, 0.1) is 5.71 Å². The van der Waals surface area contributed by atoms with Gasteiger partial charge in [0.25, 0.3) is 0 Å². The number of hydrogen-bond acceptors (Lipinski definition) is 1. The number of hydrogen-bond donors (Lipinski definition) is 0. The first-order valence-electron chi connectivity index (χ1n) is 5.52. The smallest absolute Gasteiger partial charge is 0.125 e. The molecule has 0 bridgehead atoms. The monoisotopic (exact) mass is 207 g/mol. The second-order valence-corrected chi connectivity index (χ2v) is 4.26. The molecular formula is C15H13N. The van der Waals surface area contributed by atoms with Crippen LogP contribution in [0.5, 0.6) is 0 Å². The molecule has 3 rings (SSSR count). The van der Waals surface area contributed by atoms with Crippen molar-refractivity contribution < 1.29 is 0 Å². The van der Waals surface area contributed by atoms with Crippen LogP contribution >= 0.6 is 0 Å². The van der Waals surface area contributed by atoms with E-state index in [1.807, 2.05) is 12.1 Å². The summed E-state index contributed by atoms with van der Waals surface area (Å²) in [6.07, 6.45) is 0. The zero-order valence-corrected chi connectivity index (χ0v) is 9.22. The molecule has 1 heteroatoms. The van der Waals surface area contributed by atoms with Crippen molar-refractivity contribution in [3.8, 4) is 0 Å². The molecule has 0 radical (unpaired) electrons. The molecule has 2 aromatic rings. The Hall–Kier alpha value is -1.89. The number of benzene rings is 2. The van der Waals surface area contributed by atoms with E-state index in [-0.39, 0.29) is 5.54 Å². The Labute approximate surface area is 95.5 Å². The van der Waals surface area contributed by atoms with Crippen molar-refractivity contribution in [1.29, 1.82) is 0 Å². The SMILES string of the molecule is CC1(c2ccccc2)N=C1c1ccccc1. The summed E-state index contributed by atoms with van der Waals surface area (Å²) in [5.41, 5.74) is 3.60. The molecule has 0 fully saturated rings. The molecule has 0 amide bonds. The molecular weight excluding hydrogens is 194 g/mol. The lowest BCUT2D eigenvalue weighted by Gasteiger charge is -2.09. The Kier molecular flexibility index (Phi) is 1.93. The zero-order chi connectivity index (χ0) is 11.0. The molecule has 1 aliphatic rings. The van der Waals surface area contributed by atoms with E-state index in [1.165, 1.54) is 16.8 Å². The summed E-state index contributed by atoms with van der Waals surface area (Å²) >= 11 is 0. The van der Waals surface area contributed by atoms with Gasteiger partial charge in [-0.3, -0.25) is 4.99 Å². The van der Waals surface area contributed by atoms with Gasteiger partial charge in [0.15, 0.2) is 0 Å². The van der Waals surface area contributed by atoms with Crippen LogP contribution in [0.4, 0.5) is 0 Å². The van der Waals surface area contributed by atoms with Crippen LogP contribution in [0.15, 0.2) is 65.7 Å². The van der Waals surface area contributed by atoms with E-state index in [9.17, 15) is 0 Å². The topological polar surface area (TPSA) is 12.4 Å². The molecule has 0 aromatic heterocycles. The van der Waals surface area contributed by atoms with Gasteiger partial charge in [-0.15, -0.1) is 0 Å². The minimum atomic E-state index is -0.0946. The van der Waals surface area contributed by atoms with Gasteiger partial charge in [-0.25, -0.2) is 0 Å². The molecule has 1 nitrogen and oxygen atoms in total. The fourth-order valence-electron chi connectivity index (χ4n) is 2.10. The second kappa shape index (κ2) is 3.31. The van der Waals surface area contributed by atoms with Crippen molar-refractivity contribution in [2.75, 3.05) is 0 Å². The standard InChI is InChI=1S/C15H13N/c1-15(13-10-6-3-7-11-13)14(16-15)12-8-4-2-5-9-12/h2-11H,1H3. The highest BCUT2D eigenvalue weighted by molar-refractivity contribution is 6.16. The van der Waals surface area contributed by atoms with Crippen LogP contribution in [0.3, 0.4) is 0 Å². The van der Waals surface area contributed by atoms with Gasteiger partial charge in [0, 0.05) is 0 Å². The molecule has 1 heterocycles. The van der Waals surface area contributed by atoms with Crippen LogP contribution in [-0.2, 0) is 5.54 Å². The van der Waals surface area contributed by atoms with E-state index in [0.717, 1.165) is 0 Å². The zero-order valence-electron chi connectivity index (χ0n) is 9.22. The predicted octanol–water partition coefficient (Wildman–Crippen LogP) is 3.40. The Bertz CT molecular complexity index is 528. The maximum Gasteiger partial charge on any atom is 0.125 e. The molecule has 2 aromatic carbocycles. The molecule has 1 atom stereocenters. The Morgan fingerprint density at radius 2 is 1.38 bits per heavy atom. The quantitative estimate of drug-likeness (QED) is 0.715. The lowest BCUT2D eigenvalue weighted by molar-refractivity contribution is 0.805.